The third kappa shape index (κ3) is 7.45. The third-order valence-corrected chi connectivity index (χ3v) is 3.83. The number of hydrogen-bond donors (Lipinski definition) is 1. The number of nitrogens with zero attached hydrogens (tertiary/aromatic N) is 1. The van der Waals surface area contributed by atoms with E-state index in [4.69, 9.17) is 5.11 Å². The molecule has 1 aromatic carbocycles. The maximum absolute atomic E-state index is 12.0. The zero-order valence-electron chi connectivity index (χ0n) is 11.9. The van der Waals surface area contributed by atoms with Crippen LogP contribution in [0.25, 0.3) is 0 Å². The van der Waals surface area contributed by atoms with Gasteiger partial charge in [0.15, 0.2) is 0 Å². The van der Waals surface area contributed by atoms with Crippen LogP contribution in [0.3, 0.4) is 0 Å². The quantitative estimate of drug-likeness (QED) is 0.770. The molecule has 1 aromatic rings. The molecule has 0 bridgehead atoms. The normalized spacial score (nSPS) is 11.1. The van der Waals surface area contributed by atoms with E-state index in [0.717, 1.165) is 11.8 Å². The van der Waals surface area contributed by atoms with Gasteiger partial charge in [-0.15, -0.1) is 0 Å². The van der Waals surface area contributed by atoms with Gasteiger partial charge in [-0.05, 0) is 12.0 Å². The van der Waals surface area contributed by atoms with Gasteiger partial charge in [0.2, 0.25) is 5.91 Å². The first-order valence-corrected chi connectivity index (χ1v) is 8.55. The Bertz CT molecular complexity index is 583. The van der Waals surface area contributed by atoms with E-state index in [-0.39, 0.29) is 31.0 Å². The lowest BCUT2D eigenvalue weighted by molar-refractivity contribution is -0.144. The van der Waals surface area contributed by atoms with Gasteiger partial charge in [-0.2, -0.15) is 0 Å². The molecule has 0 radical (unpaired) electrons. The number of carboxylic acid groups (broad SMARTS) is 1. The molecule has 0 saturated heterocycles. The Kier molecular flexibility index (Phi) is 6.36. The summed E-state index contributed by atoms with van der Waals surface area (Å²) in [4.78, 5) is 24.1. The van der Waals surface area contributed by atoms with E-state index in [1.165, 1.54) is 4.90 Å². The highest BCUT2D eigenvalue weighted by atomic mass is 32.2. The molecule has 21 heavy (non-hydrogen) atoms. The summed E-state index contributed by atoms with van der Waals surface area (Å²) in [5, 5.41) is 8.88. The van der Waals surface area contributed by atoms with Gasteiger partial charge in [-0.25, -0.2) is 8.42 Å². The van der Waals surface area contributed by atoms with Crippen molar-refractivity contribution in [2.24, 2.45) is 0 Å². The van der Waals surface area contributed by atoms with Crippen molar-refractivity contribution in [2.45, 2.75) is 19.4 Å². The number of amides is 1. The van der Waals surface area contributed by atoms with Crippen LogP contribution in [0.5, 0.6) is 0 Å². The van der Waals surface area contributed by atoms with Crippen LogP contribution in [-0.2, 0) is 26.0 Å². The minimum atomic E-state index is -3.11. The van der Waals surface area contributed by atoms with Gasteiger partial charge >= 0.3 is 5.97 Å². The molecule has 7 heteroatoms. The second-order valence-corrected chi connectivity index (χ2v) is 7.12. The van der Waals surface area contributed by atoms with E-state index in [1.807, 2.05) is 18.2 Å². The van der Waals surface area contributed by atoms with E-state index < -0.39 is 22.4 Å². The molecule has 116 valence electrons. The topological polar surface area (TPSA) is 91.8 Å². The molecule has 0 heterocycles. The van der Waals surface area contributed by atoms with E-state index >= 15 is 0 Å². The van der Waals surface area contributed by atoms with Gasteiger partial charge in [0, 0.05) is 19.2 Å². The second-order valence-electron chi connectivity index (χ2n) is 4.86. The highest BCUT2D eigenvalue weighted by Crippen LogP contribution is 2.07. The van der Waals surface area contributed by atoms with E-state index in [9.17, 15) is 18.0 Å². The van der Waals surface area contributed by atoms with Crippen molar-refractivity contribution in [3.8, 4) is 0 Å². The predicted molar refractivity (Wildman–Crippen MR) is 78.4 cm³/mol. The van der Waals surface area contributed by atoms with Crippen LogP contribution in [0.2, 0.25) is 0 Å². The van der Waals surface area contributed by atoms with Gasteiger partial charge in [0.05, 0.1) is 5.75 Å². The minimum absolute atomic E-state index is 0.0210. The molecule has 0 saturated carbocycles. The van der Waals surface area contributed by atoms with Crippen LogP contribution in [0, 0.1) is 0 Å². The van der Waals surface area contributed by atoms with Crippen LogP contribution in [0.4, 0.5) is 0 Å². The Hall–Kier alpha value is -1.89. The van der Waals surface area contributed by atoms with E-state index in [0.29, 0.717) is 0 Å². The fourth-order valence-electron chi connectivity index (χ4n) is 1.84. The van der Waals surface area contributed by atoms with Crippen LogP contribution in [0.15, 0.2) is 30.3 Å². The van der Waals surface area contributed by atoms with Gasteiger partial charge < -0.3 is 10.0 Å². The van der Waals surface area contributed by atoms with Gasteiger partial charge in [-0.3, -0.25) is 9.59 Å². The average Bonchev–Trinajstić information content (AvgIpc) is 2.37. The largest absolute Gasteiger partial charge is 0.480 e. The van der Waals surface area contributed by atoms with Crippen molar-refractivity contribution < 1.29 is 23.1 Å². The van der Waals surface area contributed by atoms with Crippen molar-refractivity contribution in [1.82, 2.24) is 4.90 Å². The molecule has 1 amide bonds. The predicted octanol–water partition coefficient (Wildman–Crippen LogP) is 0.925. The number of sulfone groups is 1. The van der Waals surface area contributed by atoms with E-state index in [2.05, 4.69) is 0 Å². The summed E-state index contributed by atoms with van der Waals surface area (Å²) in [5.74, 6) is -1.53. The lowest BCUT2D eigenvalue weighted by atomic mass is 10.2. The number of benzene rings is 1. The zero-order valence-corrected chi connectivity index (χ0v) is 12.7. The van der Waals surface area contributed by atoms with Crippen molar-refractivity contribution in [3.05, 3.63) is 35.9 Å². The molecule has 1 rings (SSSR count). The molecule has 0 aliphatic rings. The Morgan fingerprint density at radius 2 is 1.81 bits per heavy atom. The Morgan fingerprint density at radius 1 is 1.19 bits per heavy atom. The molecular formula is C14H19NO5S. The standard InChI is InChI=1S/C14H19NO5S/c1-21(19,20)9-5-8-13(16)15(11-14(17)18)10-12-6-3-2-4-7-12/h2-4,6-7H,5,8-11H2,1H3,(H,17,18). The second kappa shape index (κ2) is 7.78. The molecular weight excluding hydrogens is 294 g/mol. The van der Waals surface area contributed by atoms with Crippen molar-refractivity contribution in [3.63, 3.8) is 0 Å². The maximum atomic E-state index is 12.0. The number of carbonyl (C=O) groups excluding carboxylic acids is 1. The molecule has 0 aliphatic carbocycles. The molecule has 0 unspecified atom stereocenters. The van der Waals surface area contributed by atoms with Gasteiger partial charge in [-0.1, -0.05) is 30.3 Å². The lowest BCUT2D eigenvalue weighted by Gasteiger charge is -2.20. The van der Waals surface area contributed by atoms with Crippen molar-refractivity contribution in [1.29, 1.82) is 0 Å². The summed E-state index contributed by atoms with van der Waals surface area (Å²) in [7, 11) is -3.11. The van der Waals surface area contributed by atoms with Crippen LogP contribution in [-0.4, -0.2) is 48.9 Å². The molecule has 0 aliphatic heterocycles. The summed E-state index contributed by atoms with van der Waals surface area (Å²) >= 11 is 0. The minimum Gasteiger partial charge on any atom is -0.480 e. The summed E-state index contributed by atoms with van der Waals surface area (Å²) in [6, 6.07) is 9.06. The third-order valence-electron chi connectivity index (χ3n) is 2.80. The fourth-order valence-corrected chi connectivity index (χ4v) is 2.51. The highest BCUT2D eigenvalue weighted by molar-refractivity contribution is 7.90. The Morgan fingerprint density at radius 3 is 2.33 bits per heavy atom. The van der Waals surface area contributed by atoms with Gasteiger partial charge in [0.25, 0.3) is 0 Å². The first kappa shape index (κ1) is 17.2. The summed E-state index contributed by atoms with van der Waals surface area (Å²) in [5.41, 5.74) is 0.829. The summed E-state index contributed by atoms with van der Waals surface area (Å²) in [6.07, 6.45) is 1.33. The number of hydrogen-bond acceptors (Lipinski definition) is 4. The monoisotopic (exact) mass is 313 g/mol. The first-order valence-electron chi connectivity index (χ1n) is 6.49. The maximum Gasteiger partial charge on any atom is 0.323 e. The van der Waals surface area contributed by atoms with Crippen molar-refractivity contribution >= 4 is 21.7 Å². The van der Waals surface area contributed by atoms with Crippen LogP contribution >= 0.6 is 0 Å². The number of rotatable bonds is 8. The number of carbonyl (C=O) groups is 2. The Labute approximate surface area is 124 Å². The van der Waals surface area contributed by atoms with Gasteiger partial charge in [0.1, 0.15) is 16.4 Å². The lowest BCUT2D eigenvalue weighted by Crippen LogP contribution is -2.35. The van der Waals surface area contributed by atoms with Crippen LogP contribution in [0.1, 0.15) is 18.4 Å². The van der Waals surface area contributed by atoms with Crippen molar-refractivity contribution in [2.75, 3.05) is 18.6 Å². The molecule has 0 spiro atoms. The molecule has 0 aromatic heterocycles. The molecule has 0 atom stereocenters. The zero-order chi connectivity index (χ0) is 15.9. The molecule has 1 N–H and O–H groups in total. The fraction of sp³-hybridized carbons (Fsp3) is 0.429. The molecule has 0 fully saturated rings. The van der Waals surface area contributed by atoms with Crippen LogP contribution < -0.4 is 0 Å². The highest BCUT2D eigenvalue weighted by Gasteiger charge is 2.17. The molecule has 6 nitrogen and oxygen atoms in total. The Balaban J connectivity index is 2.64. The SMILES string of the molecule is CS(=O)(=O)CCCC(=O)N(CC(=O)O)Cc1ccccc1. The number of aliphatic carboxylic acids is 1. The summed E-state index contributed by atoms with van der Waals surface area (Å²) in [6.45, 7) is -0.197. The number of carboxylic acids is 1. The van der Waals surface area contributed by atoms with E-state index in [1.54, 1.807) is 12.1 Å². The smallest absolute Gasteiger partial charge is 0.323 e. The first-order chi connectivity index (χ1) is 9.78. The average molecular weight is 313 g/mol. The summed E-state index contributed by atoms with van der Waals surface area (Å²) < 4.78 is 22.1.